The zero-order chi connectivity index (χ0) is 37.9. The van der Waals surface area contributed by atoms with Crippen LogP contribution in [0.1, 0.15) is 0 Å². The lowest BCUT2D eigenvalue weighted by Crippen LogP contribution is -2.10. The minimum absolute atomic E-state index is 0.803. The number of furan rings is 2. The van der Waals surface area contributed by atoms with Crippen LogP contribution in [-0.2, 0) is 0 Å². The van der Waals surface area contributed by atoms with Gasteiger partial charge in [-0.15, -0.1) is 11.3 Å². The molecule has 13 aromatic rings. The van der Waals surface area contributed by atoms with Crippen molar-refractivity contribution in [1.82, 2.24) is 0 Å². The summed E-state index contributed by atoms with van der Waals surface area (Å²) in [5.41, 5.74) is 8.77. The van der Waals surface area contributed by atoms with E-state index in [-0.39, 0.29) is 0 Å². The molecule has 0 radical (unpaired) electrons. The molecule has 0 unspecified atom stereocenters. The SMILES string of the molecule is c1ccc2c(c1)oc1c2ccc2oc3c(N(c4ccc(-c5ccc6c(c5)sc5ccccc56)cc4)c4ccc5c6ccccc6c6ccccc6c5c4)cccc3c21. The zero-order valence-corrected chi connectivity index (χ0v) is 31.9. The molecule has 0 aliphatic carbocycles. The van der Waals surface area contributed by atoms with Crippen molar-refractivity contribution in [1.29, 1.82) is 0 Å². The first-order valence-corrected chi connectivity index (χ1v) is 20.5. The molecule has 10 aromatic carbocycles. The predicted octanol–water partition coefficient (Wildman–Crippen LogP) is 16.4. The predicted molar refractivity (Wildman–Crippen MR) is 247 cm³/mol. The normalized spacial score (nSPS) is 12.1. The quantitative estimate of drug-likeness (QED) is 0.167. The molecule has 3 aromatic heterocycles. The average molecular weight is 758 g/mol. The van der Waals surface area contributed by atoms with Crippen LogP contribution in [-0.4, -0.2) is 0 Å². The lowest BCUT2D eigenvalue weighted by atomic mass is 9.94. The van der Waals surface area contributed by atoms with Crippen molar-refractivity contribution in [3.05, 3.63) is 188 Å². The molecular weight excluding hydrogens is 727 g/mol. The molecule has 0 saturated carbocycles. The first-order valence-electron chi connectivity index (χ1n) is 19.7. The molecule has 0 aliphatic rings. The third-order valence-electron chi connectivity index (χ3n) is 12.0. The number of hydrogen-bond acceptors (Lipinski definition) is 4. The smallest absolute Gasteiger partial charge is 0.159 e. The van der Waals surface area contributed by atoms with Crippen molar-refractivity contribution in [3.8, 4) is 11.1 Å². The Morgan fingerprint density at radius 1 is 0.328 bits per heavy atom. The largest absolute Gasteiger partial charge is 0.455 e. The molecule has 3 nitrogen and oxygen atoms in total. The Morgan fingerprint density at radius 3 is 1.69 bits per heavy atom. The van der Waals surface area contributed by atoms with Crippen LogP contribution in [0, 0.1) is 0 Å². The van der Waals surface area contributed by atoms with Gasteiger partial charge in [-0.2, -0.15) is 0 Å². The average Bonchev–Trinajstić information content (AvgIpc) is 3.98. The molecule has 3 heterocycles. The van der Waals surface area contributed by atoms with Crippen molar-refractivity contribution in [2.24, 2.45) is 0 Å². The van der Waals surface area contributed by atoms with Crippen molar-refractivity contribution < 1.29 is 8.83 Å². The Kier molecular flexibility index (Phi) is 6.60. The van der Waals surface area contributed by atoms with Crippen LogP contribution >= 0.6 is 11.3 Å². The van der Waals surface area contributed by atoms with Crippen LogP contribution in [0.25, 0.3) is 107 Å². The van der Waals surface area contributed by atoms with Crippen LogP contribution in [0.3, 0.4) is 0 Å². The van der Waals surface area contributed by atoms with Crippen LogP contribution < -0.4 is 4.90 Å². The molecule has 0 fully saturated rings. The van der Waals surface area contributed by atoms with E-state index >= 15 is 0 Å². The van der Waals surface area contributed by atoms with Gasteiger partial charge in [-0.05, 0) is 104 Å². The topological polar surface area (TPSA) is 29.5 Å². The van der Waals surface area contributed by atoms with E-state index in [0.29, 0.717) is 0 Å². The number of hydrogen-bond donors (Lipinski definition) is 0. The highest BCUT2D eigenvalue weighted by atomic mass is 32.1. The third-order valence-corrected chi connectivity index (χ3v) is 13.2. The molecule has 0 atom stereocenters. The Balaban J connectivity index is 1.04. The molecule has 4 heteroatoms. The summed E-state index contributed by atoms with van der Waals surface area (Å²) in [6.45, 7) is 0. The van der Waals surface area contributed by atoms with Gasteiger partial charge in [0.25, 0.3) is 0 Å². The number of nitrogens with zero attached hydrogens (tertiary/aromatic N) is 1. The molecular formula is C54H31NO2S. The molecule has 270 valence electrons. The van der Waals surface area contributed by atoms with Gasteiger partial charge in [0, 0.05) is 47.7 Å². The summed E-state index contributed by atoms with van der Waals surface area (Å²) in [6.07, 6.45) is 0. The summed E-state index contributed by atoms with van der Waals surface area (Å²) in [6, 6.07) is 67.8. The number of para-hydroxylation sites is 2. The van der Waals surface area contributed by atoms with E-state index in [1.165, 1.54) is 63.6 Å². The molecule has 0 spiro atoms. The number of thiophene rings is 1. The van der Waals surface area contributed by atoms with Gasteiger partial charge in [0.1, 0.15) is 16.7 Å². The summed E-state index contributed by atoms with van der Waals surface area (Å²) in [4.78, 5) is 2.35. The standard InChI is InChI=1S/C54H31NO2S/c1-2-12-38-36(10-1)37-11-3-4-13-39(37)46-31-35(25-27-40(38)46)55(34-23-20-32(21-24-34)33-22-26-43-42-15-6-8-19-50(42)58-51(43)30-33)47-17-9-16-45-52-49(57-53(45)47)29-28-44-41-14-5-7-18-48(41)56-54(44)52/h1-31H. The van der Waals surface area contributed by atoms with E-state index in [1.54, 1.807) is 0 Å². The highest BCUT2D eigenvalue weighted by molar-refractivity contribution is 7.25. The summed E-state index contributed by atoms with van der Waals surface area (Å²) in [5, 5.41) is 14.3. The van der Waals surface area contributed by atoms with E-state index in [2.05, 4.69) is 181 Å². The highest BCUT2D eigenvalue weighted by Gasteiger charge is 2.23. The number of benzene rings is 10. The van der Waals surface area contributed by atoms with Crippen LogP contribution in [0.2, 0.25) is 0 Å². The van der Waals surface area contributed by atoms with Crippen LogP contribution in [0.15, 0.2) is 197 Å². The number of anilines is 3. The first-order chi connectivity index (χ1) is 28.7. The molecule has 0 amide bonds. The Hall–Kier alpha value is -7.40. The Labute approximate surface area is 336 Å². The monoisotopic (exact) mass is 757 g/mol. The fourth-order valence-corrected chi connectivity index (χ4v) is 10.5. The summed E-state index contributed by atoms with van der Waals surface area (Å²) < 4.78 is 16.1. The first kappa shape index (κ1) is 31.8. The molecule has 58 heavy (non-hydrogen) atoms. The fraction of sp³-hybridized carbons (Fsp3) is 0. The van der Waals surface area contributed by atoms with Crippen molar-refractivity contribution in [3.63, 3.8) is 0 Å². The Bertz CT molecular complexity index is 3780. The number of fused-ring (bicyclic) bond motifs is 16. The lowest BCUT2D eigenvalue weighted by molar-refractivity contribution is 0.663. The van der Waals surface area contributed by atoms with E-state index in [0.717, 1.165) is 60.9 Å². The van der Waals surface area contributed by atoms with Crippen LogP contribution in [0.4, 0.5) is 17.1 Å². The number of rotatable bonds is 4. The van der Waals surface area contributed by atoms with E-state index < -0.39 is 0 Å². The highest BCUT2D eigenvalue weighted by Crippen LogP contribution is 2.47. The summed E-state index contributed by atoms with van der Waals surface area (Å²) >= 11 is 1.85. The van der Waals surface area contributed by atoms with Gasteiger partial charge in [0.15, 0.2) is 5.58 Å². The molecule has 0 bridgehead atoms. The van der Waals surface area contributed by atoms with Crippen molar-refractivity contribution >= 4 is 125 Å². The zero-order valence-electron chi connectivity index (χ0n) is 31.1. The van der Waals surface area contributed by atoms with E-state index in [9.17, 15) is 0 Å². The minimum Gasteiger partial charge on any atom is -0.455 e. The van der Waals surface area contributed by atoms with Gasteiger partial charge in [-0.1, -0.05) is 127 Å². The maximum absolute atomic E-state index is 6.89. The molecule has 0 saturated heterocycles. The van der Waals surface area contributed by atoms with E-state index in [1.807, 2.05) is 23.5 Å². The molecule has 0 aliphatic heterocycles. The second-order valence-electron chi connectivity index (χ2n) is 15.2. The fourth-order valence-electron chi connectivity index (χ4n) is 9.40. The van der Waals surface area contributed by atoms with Gasteiger partial charge in [0.2, 0.25) is 0 Å². The van der Waals surface area contributed by atoms with Crippen molar-refractivity contribution in [2.45, 2.75) is 0 Å². The van der Waals surface area contributed by atoms with Crippen LogP contribution in [0.5, 0.6) is 0 Å². The third kappa shape index (κ3) is 4.55. The van der Waals surface area contributed by atoms with E-state index in [4.69, 9.17) is 8.83 Å². The summed E-state index contributed by atoms with van der Waals surface area (Å²) in [7, 11) is 0. The van der Waals surface area contributed by atoms with Gasteiger partial charge in [-0.25, -0.2) is 0 Å². The van der Waals surface area contributed by atoms with Gasteiger partial charge in [0.05, 0.1) is 11.1 Å². The molecule has 13 rings (SSSR count). The van der Waals surface area contributed by atoms with Gasteiger partial charge < -0.3 is 13.7 Å². The maximum Gasteiger partial charge on any atom is 0.159 e. The lowest BCUT2D eigenvalue weighted by Gasteiger charge is -2.26. The van der Waals surface area contributed by atoms with Gasteiger partial charge in [-0.3, -0.25) is 0 Å². The van der Waals surface area contributed by atoms with Crippen molar-refractivity contribution in [2.75, 3.05) is 4.90 Å². The second kappa shape index (κ2) is 12.1. The van der Waals surface area contributed by atoms with Gasteiger partial charge >= 0.3 is 0 Å². The minimum atomic E-state index is 0.803. The Morgan fingerprint density at radius 2 is 0.897 bits per heavy atom. The molecule has 0 N–H and O–H groups in total. The maximum atomic E-state index is 6.89. The second-order valence-corrected chi connectivity index (χ2v) is 16.3. The summed E-state index contributed by atoms with van der Waals surface area (Å²) in [5.74, 6) is 0.